The lowest BCUT2D eigenvalue weighted by molar-refractivity contribution is -0.262. The number of carbonyl (C=O) groups excluding carboxylic acids is 2. The number of likely N-dealkylation sites (tertiary alicyclic amines) is 1. The van der Waals surface area contributed by atoms with Crippen molar-refractivity contribution in [1.29, 1.82) is 0 Å². The first kappa shape index (κ1) is 25.0. The summed E-state index contributed by atoms with van der Waals surface area (Å²) in [6.45, 7) is 0.111. The van der Waals surface area contributed by atoms with E-state index in [0.717, 1.165) is 17.0 Å². The van der Waals surface area contributed by atoms with Crippen LogP contribution in [0, 0.1) is 11.2 Å². The lowest BCUT2D eigenvalue weighted by atomic mass is 9.62. The lowest BCUT2D eigenvalue weighted by Crippen LogP contribution is -2.59. The maximum absolute atomic E-state index is 14.0. The predicted octanol–water partition coefficient (Wildman–Crippen LogP) is 3.50. The summed E-state index contributed by atoms with van der Waals surface area (Å²) in [5.41, 5.74) is -4.20. The summed E-state index contributed by atoms with van der Waals surface area (Å²) in [6.07, 6.45) is -4.64. The van der Waals surface area contributed by atoms with Gasteiger partial charge in [-0.3, -0.25) is 9.59 Å². The second-order valence-electron chi connectivity index (χ2n) is 9.15. The summed E-state index contributed by atoms with van der Waals surface area (Å²) in [4.78, 5) is 26.5. The van der Waals surface area contributed by atoms with Gasteiger partial charge < -0.3 is 20.1 Å². The van der Waals surface area contributed by atoms with Gasteiger partial charge in [0.1, 0.15) is 11.6 Å². The number of ether oxygens (including phenoxy) is 1. The molecule has 2 atom stereocenters. The molecule has 1 spiro atoms. The van der Waals surface area contributed by atoms with Gasteiger partial charge in [0, 0.05) is 43.6 Å². The number of hydrogen-bond acceptors (Lipinski definition) is 4. The van der Waals surface area contributed by atoms with Gasteiger partial charge in [-0.05, 0) is 29.9 Å². The Labute approximate surface area is 199 Å². The van der Waals surface area contributed by atoms with Crippen molar-refractivity contribution in [2.24, 2.45) is 5.41 Å². The van der Waals surface area contributed by atoms with Crippen LogP contribution in [0.4, 0.5) is 17.6 Å². The lowest BCUT2D eigenvalue weighted by Gasteiger charge is -2.50. The molecule has 0 bridgehead atoms. The number of piperidine rings is 2. The first-order chi connectivity index (χ1) is 16.5. The van der Waals surface area contributed by atoms with Crippen LogP contribution in [0.3, 0.4) is 0 Å². The Balaban J connectivity index is 1.62. The molecular formula is C25H26F4N2O4. The van der Waals surface area contributed by atoms with Gasteiger partial charge in [-0.15, -0.1) is 0 Å². The van der Waals surface area contributed by atoms with Crippen LogP contribution in [0.5, 0.6) is 5.75 Å². The highest BCUT2D eigenvalue weighted by atomic mass is 19.4. The van der Waals surface area contributed by atoms with Gasteiger partial charge in [0.25, 0.3) is 11.5 Å². The van der Waals surface area contributed by atoms with E-state index >= 15 is 0 Å². The third-order valence-corrected chi connectivity index (χ3v) is 7.28. The molecule has 2 aliphatic rings. The molecule has 10 heteroatoms. The van der Waals surface area contributed by atoms with E-state index in [1.807, 2.05) is 0 Å². The molecule has 4 rings (SSSR count). The third kappa shape index (κ3) is 4.35. The number of hydrogen-bond donors (Lipinski definition) is 2. The van der Waals surface area contributed by atoms with Crippen molar-refractivity contribution in [1.82, 2.24) is 10.2 Å². The fourth-order valence-corrected chi connectivity index (χ4v) is 5.35. The molecule has 0 radical (unpaired) electrons. The zero-order valence-corrected chi connectivity index (χ0v) is 19.1. The maximum Gasteiger partial charge on any atom is 0.430 e. The van der Waals surface area contributed by atoms with Crippen LogP contribution < -0.4 is 10.1 Å². The van der Waals surface area contributed by atoms with Gasteiger partial charge in [-0.25, -0.2) is 4.39 Å². The SMILES string of the molecule is COc1cc(F)ccc1[C@@H]1CNC(=O)CC12CCN(C(=O)[C@](O)(c1ccccc1)C(F)(F)F)CC2. The van der Waals surface area contributed by atoms with Gasteiger partial charge in [-0.1, -0.05) is 36.4 Å². The first-order valence-electron chi connectivity index (χ1n) is 11.3. The van der Waals surface area contributed by atoms with E-state index in [9.17, 15) is 32.3 Å². The van der Waals surface area contributed by atoms with Crippen molar-refractivity contribution >= 4 is 11.8 Å². The minimum absolute atomic E-state index is 0.0721. The highest BCUT2D eigenvalue weighted by Gasteiger charge is 2.62. The summed E-state index contributed by atoms with van der Waals surface area (Å²) >= 11 is 0. The van der Waals surface area contributed by atoms with Crippen LogP contribution in [-0.2, 0) is 15.2 Å². The minimum Gasteiger partial charge on any atom is -0.496 e. The fourth-order valence-electron chi connectivity index (χ4n) is 5.35. The van der Waals surface area contributed by atoms with E-state index in [1.54, 1.807) is 6.07 Å². The number of alkyl halides is 3. The van der Waals surface area contributed by atoms with Crippen molar-refractivity contribution in [3.8, 4) is 5.75 Å². The topological polar surface area (TPSA) is 78.9 Å². The zero-order chi connectivity index (χ0) is 25.4. The summed E-state index contributed by atoms with van der Waals surface area (Å²) in [7, 11) is 1.41. The normalized spacial score (nSPS) is 21.8. The molecule has 35 heavy (non-hydrogen) atoms. The quantitative estimate of drug-likeness (QED) is 0.638. The van der Waals surface area contributed by atoms with Crippen molar-refractivity contribution in [2.75, 3.05) is 26.7 Å². The van der Waals surface area contributed by atoms with E-state index in [1.165, 1.54) is 37.4 Å². The molecule has 0 aliphatic carbocycles. The Morgan fingerprint density at radius 3 is 2.40 bits per heavy atom. The Kier molecular flexibility index (Phi) is 6.52. The molecule has 188 valence electrons. The molecule has 0 saturated carbocycles. The molecule has 0 unspecified atom stereocenters. The van der Waals surface area contributed by atoms with Crippen molar-refractivity contribution in [2.45, 2.75) is 37.0 Å². The average Bonchev–Trinajstić information content (AvgIpc) is 2.84. The standard InChI is InChI=1S/C25H26F4N2O4/c1-35-20-13-17(26)7-8-18(20)19-15-30-21(32)14-23(19)9-11-31(12-10-23)22(33)24(34,25(27,28)29)16-5-3-2-4-6-16/h2-8,13,19,34H,9-12,14-15H2,1H3,(H,30,32)/t19-,24+/m0/s1. The Hall–Kier alpha value is -3.14. The van der Waals surface area contributed by atoms with Crippen LogP contribution in [-0.4, -0.2) is 54.7 Å². The van der Waals surface area contributed by atoms with E-state index in [2.05, 4.69) is 5.32 Å². The average molecular weight is 494 g/mol. The van der Waals surface area contributed by atoms with Gasteiger partial charge in [0.2, 0.25) is 5.91 Å². The second kappa shape index (κ2) is 9.14. The van der Waals surface area contributed by atoms with E-state index in [0.29, 0.717) is 11.3 Å². The summed E-state index contributed by atoms with van der Waals surface area (Å²) in [5, 5.41) is 13.5. The highest BCUT2D eigenvalue weighted by molar-refractivity contribution is 5.87. The van der Waals surface area contributed by atoms with Crippen LogP contribution >= 0.6 is 0 Å². The number of carbonyl (C=O) groups is 2. The molecule has 2 aromatic rings. The smallest absolute Gasteiger partial charge is 0.430 e. The molecule has 2 saturated heterocycles. The van der Waals surface area contributed by atoms with Crippen molar-refractivity contribution in [3.05, 3.63) is 65.5 Å². The third-order valence-electron chi connectivity index (χ3n) is 7.28. The molecular weight excluding hydrogens is 468 g/mol. The first-order valence-corrected chi connectivity index (χ1v) is 11.3. The Morgan fingerprint density at radius 2 is 1.80 bits per heavy atom. The van der Waals surface area contributed by atoms with Crippen molar-refractivity contribution in [3.63, 3.8) is 0 Å². The maximum atomic E-state index is 14.0. The molecule has 2 fully saturated rings. The summed E-state index contributed by atoms with van der Waals surface area (Å²) in [5.74, 6) is -2.09. The number of nitrogens with one attached hydrogen (secondary N) is 1. The number of amides is 2. The van der Waals surface area contributed by atoms with Gasteiger partial charge in [-0.2, -0.15) is 13.2 Å². The number of rotatable bonds is 4. The molecule has 2 N–H and O–H groups in total. The number of aliphatic hydroxyl groups is 1. The monoisotopic (exact) mass is 494 g/mol. The Bertz CT molecular complexity index is 1100. The van der Waals surface area contributed by atoms with Gasteiger partial charge in [0.05, 0.1) is 7.11 Å². The molecule has 2 heterocycles. The largest absolute Gasteiger partial charge is 0.496 e. The van der Waals surface area contributed by atoms with Gasteiger partial charge >= 0.3 is 6.18 Å². The highest BCUT2D eigenvalue weighted by Crippen LogP contribution is 2.51. The molecule has 2 aromatic carbocycles. The van der Waals surface area contributed by atoms with E-state index in [-0.39, 0.29) is 50.7 Å². The minimum atomic E-state index is -5.23. The number of methoxy groups -OCH3 is 1. The summed E-state index contributed by atoms with van der Waals surface area (Å²) < 4.78 is 61.1. The van der Waals surface area contributed by atoms with Crippen LogP contribution in [0.2, 0.25) is 0 Å². The number of benzene rings is 2. The van der Waals surface area contributed by atoms with Crippen LogP contribution in [0.15, 0.2) is 48.5 Å². The van der Waals surface area contributed by atoms with Crippen molar-refractivity contribution < 1.29 is 37.0 Å². The fraction of sp³-hybridized carbons (Fsp3) is 0.440. The number of halogens is 4. The van der Waals surface area contributed by atoms with E-state index in [4.69, 9.17) is 4.74 Å². The van der Waals surface area contributed by atoms with Crippen LogP contribution in [0.25, 0.3) is 0 Å². The predicted molar refractivity (Wildman–Crippen MR) is 118 cm³/mol. The Morgan fingerprint density at radius 1 is 1.14 bits per heavy atom. The summed E-state index contributed by atoms with van der Waals surface area (Å²) in [6, 6.07) is 10.4. The number of nitrogens with zero attached hydrogens (tertiary/aromatic N) is 1. The van der Waals surface area contributed by atoms with E-state index < -0.39 is 34.5 Å². The molecule has 0 aromatic heterocycles. The van der Waals surface area contributed by atoms with Gasteiger partial charge in [0.15, 0.2) is 0 Å². The molecule has 6 nitrogen and oxygen atoms in total. The molecule has 2 aliphatic heterocycles. The van der Waals surface area contributed by atoms with Crippen LogP contribution in [0.1, 0.15) is 36.3 Å². The zero-order valence-electron chi connectivity index (χ0n) is 19.1. The second-order valence-corrected chi connectivity index (χ2v) is 9.15. The molecule has 2 amide bonds.